The van der Waals surface area contributed by atoms with Crippen molar-refractivity contribution in [3.63, 3.8) is 0 Å². The highest BCUT2D eigenvalue weighted by atomic mass is 32.2. The molecule has 0 radical (unpaired) electrons. The molecule has 1 saturated carbocycles. The van der Waals surface area contributed by atoms with Gasteiger partial charge in [-0.15, -0.1) is 0 Å². The van der Waals surface area contributed by atoms with Gasteiger partial charge in [0, 0.05) is 18.6 Å². The van der Waals surface area contributed by atoms with E-state index in [9.17, 15) is 23.1 Å². The third-order valence-corrected chi connectivity index (χ3v) is 9.74. The highest BCUT2D eigenvalue weighted by Gasteiger charge is 2.43. The van der Waals surface area contributed by atoms with Crippen molar-refractivity contribution in [2.24, 2.45) is 11.8 Å². The van der Waals surface area contributed by atoms with Gasteiger partial charge < -0.3 is 20.5 Å². The second-order valence-corrected chi connectivity index (χ2v) is 14.6. The molecule has 3 fully saturated rings. The Morgan fingerprint density at radius 1 is 1.13 bits per heavy atom. The number of ether oxygens (including phenoxy) is 1. The van der Waals surface area contributed by atoms with Crippen molar-refractivity contribution in [2.75, 3.05) is 24.6 Å². The zero-order valence-electron chi connectivity index (χ0n) is 22.8. The van der Waals surface area contributed by atoms with Crippen LogP contribution in [0.5, 0.6) is 0 Å². The summed E-state index contributed by atoms with van der Waals surface area (Å²) in [7, 11) is -3.19. The monoisotopic (exact) mass is 549 g/mol. The molecule has 2 amide bonds. The number of hydrogen-bond acceptors (Lipinski definition) is 7. The van der Waals surface area contributed by atoms with E-state index in [-0.39, 0.29) is 42.0 Å². The number of β-amino-alcohol motifs (C(OH)–C–C–N with tert-alkyl or cyclic N) is 1. The van der Waals surface area contributed by atoms with Crippen molar-refractivity contribution in [3.05, 3.63) is 35.9 Å². The minimum absolute atomic E-state index is 0.0101. The molecule has 1 aromatic carbocycles. The lowest BCUT2D eigenvalue weighted by molar-refractivity contribution is -0.131. The van der Waals surface area contributed by atoms with Gasteiger partial charge in [-0.3, -0.25) is 9.69 Å². The zero-order chi connectivity index (χ0) is 27.5. The molecule has 0 spiro atoms. The molecule has 4 rings (SSSR count). The molecule has 10 heteroatoms. The molecule has 0 unspecified atom stereocenters. The molecule has 2 saturated heterocycles. The van der Waals surface area contributed by atoms with Crippen LogP contribution >= 0.6 is 0 Å². The summed E-state index contributed by atoms with van der Waals surface area (Å²) in [5.74, 6) is 0.846. The fourth-order valence-electron chi connectivity index (χ4n) is 6.17. The van der Waals surface area contributed by atoms with E-state index >= 15 is 0 Å². The number of carbonyl (C=O) groups excluding carboxylic acids is 2. The maximum Gasteiger partial charge on any atom is 0.407 e. The van der Waals surface area contributed by atoms with Gasteiger partial charge >= 0.3 is 6.09 Å². The van der Waals surface area contributed by atoms with Gasteiger partial charge in [0.2, 0.25) is 5.91 Å². The van der Waals surface area contributed by atoms with Crippen LogP contribution in [-0.4, -0.2) is 84.9 Å². The van der Waals surface area contributed by atoms with Crippen LogP contribution in [0.1, 0.15) is 58.4 Å². The van der Waals surface area contributed by atoms with Crippen LogP contribution in [-0.2, 0) is 25.8 Å². The minimum atomic E-state index is -3.19. The molecule has 38 heavy (non-hydrogen) atoms. The highest BCUT2D eigenvalue weighted by molar-refractivity contribution is 7.91. The van der Waals surface area contributed by atoms with E-state index in [2.05, 4.69) is 15.5 Å². The molecule has 212 valence electrons. The Hall–Kier alpha value is -2.17. The summed E-state index contributed by atoms with van der Waals surface area (Å²) in [5.41, 5.74) is 0.583. The first-order valence-corrected chi connectivity index (χ1v) is 15.7. The van der Waals surface area contributed by atoms with E-state index in [0.29, 0.717) is 18.3 Å². The predicted octanol–water partition coefficient (Wildman–Crippen LogP) is 2.28. The summed E-state index contributed by atoms with van der Waals surface area (Å²) in [4.78, 5) is 28.2. The SMILES string of the molecule is CC(C)(C)NC(=O)[C@@H]1C[C@@H]2CCC[C@@H]2CN1C[C@@H](O)[C@H](Cc1ccccc1)NC(=O)O[C@H]1CCS(=O)(=O)C1. The van der Waals surface area contributed by atoms with Crippen molar-refractivity contribution < 1.29 is 27.9 Å². The lowest BCUT2D eigenvalue weighted by Crippen LogP contribution is -2.59. The molecule has 0 bridgehead atoms. The first kappa shape index (κ1) is 28.8. The van der Waals surface area contributed by atoms with Gasteiger partial charge in [0.1, 0.15) is 6.10 Å². The number of rotatable bonds is 8. The number of sulfone groups is 1. The van der Waals surface area contributed by atoms with Crippen LogP contribution < -0.4 is 10.6 Å². The summed E-state index contributed by atoms with van der Waals surface area (Å²) in [6, 6.07) is 8.56. The quantitative estimate of drug-likeness (QED) is 0.454. The topological polar surface area (TPSA) is 125 Å². The number of aliphatic hydroxyl groups is 1. The van der Waals surface area contributed by atoms with E-state index in [0.717, 1.165) is 31.4 Å². The largest absolute Gasteiger partial charge is 0.445 e. The van der Waals surface area contributed by atoms with Crippen molar-refractivity contribution in [2.45, 2.75) is 89.1 Å². The van der Waals surface area contributed by atoms with Gasteiger partial charge in [0.15, 0.2) is 9.84 Å². The van der Waals surface area contributed by atoms with E-state index in [1.165, 1.54) is 6.42 Å². The van der Waals surface area contributed by atoms with E-state index in [4.69, 9.17) is 4.74 Å². The second kappa shape index (κ2) is 11.9. The third-order valence-electron chi connectivity index (χ3n) is 8.01. The van der Waals surface area contributed by atoms with Gasteiger partial charge in [-0.1, -0.05) is 43.2 Å². The van der Waals surface area contributed by atoms with Crippen molar-refractivity contribution in [3.8, 4) is 0 Å². The van der Waals surface area contributed by atoms with Gasteiger partial charge in [0.25, 0.3) is 0 Å². The predicted molar refractivity (Wildman–Crippen MR) is 145 cm³/mol. The molecule has 1 aromatic rings. The van der Waals surface area contributed by atoms with Crippen molar-refractivity contribution in [1.29, 1.82) is 0 Å². The number of aliphatic hydroxyl groups excluding tert-OH is 1. The van der Waals surface area contributed by atoms with Gasteiger partial charge in [-0.2, -0.15) is 0 Å². The Morgan fingerprint density at radius 3 is 2.50 bits per heavy atom. The molecule has 1 aliphatic carbocycles. The summed E-state index contributed by atoms with van der Waals surface area (Å²) in [6.07, 6.45) is 2.49. The number of hydrogen-bond donors (Lipinski definition) is 3. The summed E-state index contributed by atoms with van der Waals surface area (Å²) in [6.45, 7) is 6.87. The Kier molecular flexibility index (Phi) is 9.04. The normalized spacial score (nSPS) is 28.7. The Bertz CT molecular complexity index is 1070. The third kappa shape index (κ3) is 7.93. The lowest BCUT2D eigenvalue weighted by Gasteiger charge is -2.43. The number of likely N-dealkylation sites (tertiary alicyclic amines) is 1. The van der Waals surface area contributed by atoms with Crippen molar-refractivity contribution in [1.82, 2.24) is 15.5 Å². The van der Waals surface area contributed by atoms with E-state index < -0.39 is 34.2 Å². The maximum atomic E-state index is 13.3. The fraction of sp³-hybridized carbons (Fsp3) is 0.714. The first-order chi connectivity index (χ1) is 17.9. The fourth-order valence-corrected chi connectivity index (χ4v) is 7.76. The molecule has 3 aliphatic rings. The average Bonchev–Trinajstić information content (AvgIpc) is 3.42. The Morgan fingerprint density at radius 2 is 1.84 bits per heavy atom. The van der Waals surface area contributed by atoms with E-state index in [1.54, 1.807) is 0 Å². The van der Waals surface area contributed by atoms with Gasteiger partial charge in [0.05, 0.1) is 29.7 Å². The second-order valence-electron chi connectivity index (χ2n) is 12.3. The summed E-state index contributed by atoms with van der Waals surface area (Å²) < 4.78 is 29.0. The van der Waals surface area contributed by atoms with Crippen LogP contribution in [0.2, 0.25) is 0 Å². The number of carbonyl (C=O) groups is 2. The summed E-state index contributed by atoms with van der Waals surface area (Å²) in [5, 5.41) is 17.4. The number of alkyl carbamates (subject to hydrolysis) is 1. The maximum absolute atomic E-state index is 13.3. The smallest absolute Gasteiger partial charge is 0.407 e. The van der Waals surface area contributed by atoms with E-state index in [1.807, 2.05) is 51.1 Å². The molecule has 3 N–H and O–H groups in total. The summed E-state index contributed by atoms with van der Waals surface area (Å²) >= 11 is 0. The van der Waals surface area contributed by atoms with Gasteiger partial charge in [-0.05, 0) is 63.9 Å². The number of fused-ring (bicyclic) bond motifs is 1. The molecule has 9 nitrogen and oxygen atoms in total. The molecule has 6 atom stereocenters. The number of benzene rings is 1. The number of nitrogens with zero attached hydrogens (tertiary/aromatic N) is 1. The van der Waals surface area contributed by atoms with Crippen LogP contribution in [0.3, 0.4) is 0 Å². The molecule has 2 aliphatic heterocycles. The molecular formula is C28H43N3O6S. The lowest BCUT2D eigenvalue weighted by atomic mass is 9.83. The zero-order valence-corrected chi connectivity index (χ0v) is 23.6. The van der Waals surface area contributed by atoms with Crippen LogP contribution in [0, 0.1) is 11.8 Å². The van der Waals surface area contributed by atoms with Crippen LogP contribution in [0.4, 0.5) is 4.79 Å². The van der Waals surface area contributed by atoms with Crippen LogP contribution in [0.25, 0.3) is 0 Å². The Balaban J connectivity index is 1.47. The average molecular weight is 550 g/mol. The first-order valence-electron chi connectivity index (χ1n) is 13.8. The molecule has 0 aromatic heterocycles. The highest BCUT2D eigenvalue weighted by Crippen LogP contribution is 2.40. The standard InChI is InChI=1S/C28H43N3O6S/c1-28(2,3)30-26(33)24-15-20-10-7-11-21(20)16-31(24)17-25(32)23(14-19-8-5-4-6-9-19)29-27(34)37-22-12-13-38(35,36)18-22/h4-6,8-9,20-25,32H,7,10-18H2,1-3H3,(H,29,34)(H,30,33)/t20-,21+,22-,23-,24-,25+/m0/s1. The number of piperidine rings is 1. The Labute approximate surface area is 226 Å². The molecular weight excluding hydrogens is 506 g/mol. The van der Waals surface area contributed by atoms with Crippen molar-refractivity contribution >= 4 is 21.8 Å². The number of amides is 2. The molecule has 2 heterocycles. The number of nitrogens with one attached hydrogen (secondary N) is 2. The van der Waals surface area contributed by atoms with Crippen LogP contribution in [0.15, 0.2) is 30.3 Å². The minimum Gasteiger partial charge on any atom is -0.445 e. The van der Waals surface area contributed by atoms with Gasteiger partial charge in [-0.25, -0.2) is 13.2 Å².